The Hall–Kier alpha value is -2.57. The largest absolute Gasteiger partial charge is 0.350 e. The molecule has 3 aromatic rings. The van der Waals surface area contributed by atoms with Crippen molar-refractivity contribution in [1.29, 1.82) is 0 Å². The van der Waals surface area contributed by atoms with Crippen LogP contribution < -0.4 is 4.90 Å². The molecule has 0 atom stereocenters. The Morgan fingerprint density at radius 3 is 2.81 bits per heavy atom. The number of nitrogens with zero attached hydrogens (tertiary/aromatic N) is 6. The minimum Gasteiger partial charge on any atom is -0.350 e. The predicted octanol–water partition coefficient (Wildman–Crippen LogP) is 1.92. The lowest BCUT2D eigenvalue weighted by molar-refractivity contribution is 0.376. The summed E-state index contributed by atoms with van der Waals surface area (Å²) in [5.41, 5.74) is 2.53. The van der Waals surface area contributed by atoms with Gasteiger partial charge in [-0.05, 0) is 19.1 Å². The van der Waals surface area contributed by atoms with Crippen molar-refractivity contribution in [3.63, 3.8) is 0 Å². The Kier molecular flexibility index (Phi) is 3.47. The van der Waals surface area contributed by atoms with Gasteiger partial charge >= 0.3 is 0 Å². The lowest BCUT2D eigenvalue weighted by Crippen LogP contribution is -2.19. The summed E-state index contributed by atoms with van der Waals surface area (Å²) in [5.74, 6) is 2.03. The minimum absolute atomic E-state index is 0.505. The van der Waals surface area contributed by atoms with Gasteiger partial charge in [-0.3, -0.25) is 0 Å². The van der Waals surface area contributed by atoms with Crippen LogP contribution in [0.4, 0.5) is 5.82 Å². The van der Waals surface area contributed by atoms with Gasteiger partial charge in [-0.2, -0.15) is 4.98 Å². The van der Waals surface area contributed by atoms with Gasteiger partial charge in [0, 0.05) is 19.2 Å². The molecule has 0 saturated heterocycles. The predicted molar refractivity (Wildman–Crippen MR) is 77.9 cm³/mol. The Morgan fingerprint density at radius 1 is 1.19 bits per heavy atom. The first-order valence-corrected chi connectivity index (χ1v) is 6.78. The van der Waals surface area contributed by atoms with E-state index in [-0.39, 0.29) is 0 Å². The molecular formula is C14H16N6O. The van der Waals surface area contributed by atoms with E-state index in [1.807, 2.05) is 37.9 Å². The Morgan fingerprint density at radius 2 is 2.05 bits per heavy atom. The topological polar surface area (TPSA) is 80.8 Å². The van der Waals surface area contributed by atoms with Crippen LogP contribution in [-0.4, -0.2) is 32.1 Å². The van der Waals surface area contributed by atoms with Gasteiger partial charge in [0.2, 0.25) is 5.89 Å². The molecule has 0 aliphatic rings. The Labute approximate surface area is 122 Å². The summed E-state index contributed by atoms with van der Waals surface area (Å²) in [6, 6.07) is 3.88. The maximum Gasteiger partial charge on any atom is 0.226 e. The second-order valence-corrected chi connectivity index (χ2v) is 4.83. The third-order valence-corrected chi connectivity index (χ3v) is 3.15. The van der Waals surface area contributed by atoms with Crippen LogP contribution in [0.5, 0.6) is 0 Å². The summed E-state index contributed by atoms with van der Waals surface area (Å²) < 4.78 is 5.12. The summed E-state index contributed by atoms with van der Waals surface area (Å²) in [6.07, 6.45) is 2.27. The van der Waals surface area contributed by atoms with Crippen LogP contribution in [0.15, 0.2) is 23.0 Å². The highest BCUT2D eigenvalue weighted by atomic mass is 16.5. The molecule has 0 spiro atoms. The minimum atomic E-state index is 0.505. The first-order chi connectivity index (χ1) is 10.2. The van der Waals surface area contributed by atoms with Crippen LogP contribution in [0.1, 0.15) is 24.3 Å². The third kappa shape index (κ3) is 2.67. The zero-order valence-electron chi connectivity index (χ0n) is 12.2. The number of rotatable bonds is 4. The Bertz CT molecular complexity index is 769. The zero-order valence-corrected chi connectivity index (χ0v) is 12.2. The summed E-state index contributed by atoms with van der Waals surface area (Å²) in [6.45, 7) is 4.43. The second kappa shape index (κ2) is 5.43. The molecule has 0 N–H and O–H groups in total. The summed E-state index contributed by atoms with van der Waals surface area (Å²) in [7, 11) is 1.92. The van der Waals surface area contributed by atoms with Gasteiger partial charge in [0.05, 0.1) is 12.1 Å². The highest BCUT2D eigenvalue weighted by Crippen LogP contribution is 2.21. The van der Waals surface area contributed by atoms with Gasteiger partial charge < -0.3 is 9.42 Å². The smallest absolute Gasteiger partial charge is 0.226 e. The van der Waals surface area contributed by atoms with Crippen LogP contribution in [0.3, 0.4) is 0 Å². The molecule has 0 fully saturated rings. The molecule has 0 aromatic carbocycles. The molecule has 0 bridgehead atoms. The van der Waals surface area contributed by atoms with Crippen LogP contribution >= 0.6 is 0 Å². The number of aromatic nitrogens is 5. The van der Waals surface area contributed by atoms with E-state index < -0.39 is 0 Å². The lowest BCUT2D eigenvalue weighted by atomic mass is 10.3. The van der Waals surface area contributed by atoms with Crippen LogP contribution in [0.2, 0.25) is 0 Å². The number of pyridine rings is 1. The van der Waals surface area contributed by atoms with E-state index >= 15 is 0 Å². The number of hydrogen-bond acceptors (Lipinski definition) is 7. The van der Waals surface area contributed by atoms with Crippen LogP contribution in [-0.2, 0) is 13.0 Å². The first kappa shape index (κ1) is 13.4. The summed E-state index contributed by atoms with van der Waals surface area (Å²) in [5, 5.41) is 3.96. The number of hydrogen-bond donors (Lipinski definition) is 0. The molecule has 108 valence electrons. The molecule has 3 rings (SSSR count). The maximum atomic E-state index is 5.12. The number of aryl methyl sites for hydroxylation is 2. The van der Waals surface area contributed by atoms with Crippen molar-refractivity contribution < 1.29 is 4.52 Å². The third-order valence-electron chi connectivity index (χ3n) is 3.15. The number of anilines is 1. The fraction of sp³-hybridized carbons (Fsp3) is 0.357. The average Bonchev–Trinajstić information content (AvgIpc) is 2.94. The standard InChI is InChI=1S/C14H16N6O/c1-4-12-18-11(19-21-12)7-20(3)14-13-10(15-8-16-14)6-5-9(2)17-13/h5-6,8H,4,7H2,1-3H3. The Balaban J connectivity index is 1.93. The summed E-state index contributed by atoms with van der Waals surface area (Å²) in [4.78, 5) is 19.4. The van der Waals surface area contributed by atoms with Crippen LogP contribution in [0.25, 0.3) is 11.0 Å². The van der Waals surface area contributed by atoms with Crippen molar-refractivity contribution in [2.75, 3.05) is 11.9 Å². The first-order valence-electron chi connectivity index (χ1n) is 6.78. The molecule has 0 aliphatic heterocycles. The molecule has 0 unspecified atom stereocenters. The highest BCUT2D eigenvalue weighted by molar-refractivity contribution is 5.85. The average molecular weight is 284 g/mol. The van der Waals surface area contributed by atoms with Crippen molar-refractivity contribution in [1.82, 2.24) is 25.1 Å². The SMILES string of the molecule is CCc1nc(CN(C)c2ncnc3ccc(C)nc23)no1. The van der Waals surface area contributed by atoms with E-state index in [9.17, 15) is 0 Å². The van der Waals surface area contributed by atoms with Gasteiger partial charge in [0.25, 0.3) is 0 Å². The zero-order chi connectivity index (χ0) is 14.8. The molecule has 7 heteroatoms. The fourth-order valence-electron chi connectivity index (χ4n) is 2.09. The lowest BCUT2D eigenvalue weighted by Gasteiger charge is -2.17. The molecule has 0 amide bonds. The van der Waals surface area contributed by atoms with Crippen molar-refractivity contribution in [3.05, 3.63) is 35.9 Å². The van der Waals surface area contributed by atoms with Crippen molar-refractivity contribution >= 4 is 16.9 Å². The molecule has 0 saturated carbocycles. The summed E-state index contributed by atoms with van der Waals surface area (Å²) >= 11 is 0. The van der Waals surface area contributed by atoms with E-state index in [0.717, 1.165) is 29.0 Å². The fourth-order valence-corrected chi connectivity index (χ4v) is 2.09. The van der Waals surface area contributed by atoms with E-state index in [1.165, 1.54) is 0 Å². The second-order valence-electron chi connectivity index (χ2n) is 4.83. The molecule has 3 heterocycles. The quantitative estimate of drug-likeness (QED) is 0.723. The van der Waals surface area contributed by atoms with Gasteiger partial charge in [0.15, 0.2) is 11.6 Å². The van der Waals surface area contributed by atoms with E-state index in [4.69, 9.17) is 4.52 Å². The molecule has 0 aliphatic carbocycles. The van der Waals surface area contributed by atoms with Gasteiger partial charge in [-0.15, -0.1) is 0 Å². The molecule has 3 aromatic heterocycles. The van der Waals surface area contributed by atoms with E-state index in [0.29, 0.717) is 18.3 Å². The molecule has 7 nitrogen and oxygen atoms in total. The molecule has 0 radical (unpaired) electrons. The van der Waals surface area contributed by atoms with Gasteiger partial charge in [0.1, 0.15) is 11.8 Å². The van der Waals surface area contributed by atoms with Crippen molar-refractivity contribution in [2.24, 2.45) is 0 Å². The molecule has 21 heavy (non-hydrogen) atoms. The van der Waals surface area contributed by atoms with E-state index in [1.54, 1.807) is 6.33 Å². The van der Waals surface area contributed by atoms with Gasteiger partial charge in [-0.1, -0.05) is 12.1 Å². The van der Waals surface area contributed by atoms with E-state index in [2.05, 4.69) is 25.1 Å². The number of fused-ring (bicyclic) bond motifs is 1. The molecular weight excluding hydrogens is 268 g/mol. The van der Waals surface area contributed by atoms with Crippen molar-refractivity contribution in [3.8, 4) is 0 Å². The monoisotopic (exact) mass is 284 g/mol. The maximum absolute atomic E-state index is 5.12. The van der Waals surface area contributed by atoms with Gasteiger partial charge in [-0.25, -0.2) is 15.0 Å². The normalized spacial score (nSPS) is 11.0. The van der Waals surface area contributed by atoms with Crippen LogP contribution in [0, 0.1) is 6.92 Å². The highest BCUT2D eigenvalue weighted by Gasteiger charge is 2.13. The van der Waals surface area contributed by atoms with Crippen molar-refractivity contribution in [2.45, 2.75) is 26.8 Å².